The minimum absolute atomic E-state index is 0.594. The molecule has 2 aromatic heterocycles. The Bertz CT molecular complexity index is 942. The molecule has 2 heterocycles. The van der Waals surface area contributed by atoms with Crippen molar-refractivity contribution in [2.75, 3.05) is 13.1 Å². The van der Waals surface area contributed by atoms with Crippen LogP contribution in [-0.2, 0) is 19.4 Å². The summed E-state index contributed by atoms with van der Waals surface area (Å²) < 4.78 is 1.99. The summed E-state index contributed by atoms with van der Waals surface area (Å²) in [6.07, 6.45) is 3.93. The van der Waals surface area contributed by atoms with Gasteiger partial charge < -0.3 is 10.6 Å². The number of aliphatic imine (C=N–C) groups is 1. The summed E-state index contributed by atoms with van der Waals surface area (Å²) in [5.74, 6) is 0.825. The van der Waals surface area contributed by atoms with Gasteiger partial charge in [0.25, 0.3) is 0 Å². The van der Waals surface area contributed by atoms with Crippen LogP contribution >= 0.6 is 11.3 Å². The summed E-state index contributed by atoms with van der Waals surface area (Å²) >= 11 is 1.79. The molecule has 1 aromatic carbocycles. The fraction of sp³-hybridized carbons (Fsp3) is 0.409. The summed E-state index contributed by atoms with van der Waals surface area (Å²) in [5.41, 5.74) is 4.38. The van der Waals surface area contributed by atoms with Crippen LogP contribution in [0.5, 0.6) is 0 Å². The lowest BCUT2D eigenvalue weighted by molar-refractivity contribution is 0.795. The van der Waals surface area contributed by atoms with Gasteiger partial charge in [-0.15, -0.1) is 11.3 Å². The number of para-hydroxylation sites is 1. The van der Waals surface area contributed by atoms with Crippen molar-refractivity contribution in [3.8, 4) is 5.69 Å². The van der Waals surface area contributed by atoms with Crippen LogP contribution < -0.4 is 10.6 Å². The SMILES string of the molecule is CCNC(=NCc1c(C)nn(-c2ccccc2)c1C)NCCc1ncc(CC)s1. The van der Waals surface area contributed by atoms with E-state index in [0.717, 1.165) is 49.0 Å². The highest BCUT2D eigenvalue weighted by atomic mass is 32.1. The van der Waals surface area contributed by atoms with Crippen molar-refractivity contribution in [2.45, 2.75) is 47.1 Å². The van der Waals surface area contributed by atoms with Gasteiger partial charge in [0.05, 0.1) is 22.9 Å². The molecule has 0 saturated heterocycles. The summed E-state index contributed by atoms with van der Waals surface area (Å²) in [7, 11) is 0. The molecule has 6 nitrogen and oxygen atoms in total. The first-order chi connectivity index (χ1) is 14.1. The molecule has 0 aliphatic carbocycles. The lowest BCUT2D eigenvalue weighted by atomic mass is 10.2. The number of nitrogens with zero attached hydrogens (tertiary/aromatic N) is 4. The molecule has 2 N–H and O–H groups in total. The Morgan fingerprint density at radius 2 is 1.93 bits per heavy atom. The Morgan fingerprint density at radius 1 is 1.14 bits per heavy atom. The highest BCUT2D eigenvalue weighted by Gasteiger charge is 2.12. The van der Waals surface area contributed by atoms with Gasteiger partial charge in [0, 0.05) is 41.8 Å². The van der Waals surface area contributed by atoms with Crippen LogP contribution in [0.2, 0.25) is 0 Å². The number of benzene rings is 1. The quantitative estimate of drug-likeness (QED) is 0.438. The van der Waals surface area contributed by atoms with Crippen LogP contribution in [0.25, 0.3) is 5.69 Å². The van der Waals surface area contributed by atoms with Gasteiger partial charge in [0.15, 0.2) is 5.96 Å². The van der Waals surface area contributed by atoms with E-state index in [1.165, 1.54) is 15.4 Å². The van der Waals surface area contributed by atoms with E-state index < -0.39 is 0 Å². The third-order valence-electron chi connectivity index (χ3n) is 4.76. The highest BCUT2D eigenvalue weighted by Crippen LogP contribution is 2.18. The molecule has 154 valence electrons. The van der Waals surface area contributed by atoms with E-state index in [2.05, 4.69) is 48.5 Å². The molecule has 0 amide bonds. The molecule has 0 saturated carbocycles. The van der Waals surface area contributed by atoms with Crippen molar-refractivity contribution in [3.05, 3.63) is 63.4 Å². The van der Waals surface area contributed by atoms with E-state index in [9.17, 15) is 0 Å². The average Bonchev–Trinajstić information content (AvgIpc) is 3.31. The minimum atomic E-state index is 0.594. The first-order valence-electron chi connectivity index (χ1n) is 10.2. The van der Waals surface area contributed by atoms with Crippen LogP contribution in [0.3, 0.4) is 0 Å². The average molecular weight is 411 g/mol. The first-order valence-corrected chi connectivity index (χ1v) is 11.0. The molecule has 0 aliphatic rings. The molecule has 29 heavy (non-hydrogen) atoms. The highest BCUT2D eigenvalue weighted by molar-refractivity contribution is 7.11. The normalized spacial score (nSPS) is 11.7. The topological polar surface area (TPSA) is 67.1 Å². The standard InChI is InChI=1S/C22H30N6S/c1-5-19-14-25-21(29-19)12-13-24-22(23-6-2)26-15-20-16(3)27-28(17(20)4)18-10-8-7-9-11-18/h7-11,14H,5-6,12-13,15H2,1-4H3,(H2,23,24,26). The predicted molar refractivity (Wildman–Crippen MR) is 121 cm³/mol. The molecule has 7 heteroatoms. The van der Waals surface area contributed by atoms with Gasteiger partial charge in [-0.2, -0.15) is 5.10 Å². The number of thiazole rings is 1. The second-order valence-electron chi connectivity index (χ2n) is 6.84. The van der Waals surface area contributed by atoms with Gasteiger partial charge in [-0.1, -0.05) is 25.1 Å². The van der Waals surface area contributed by atoms with E-state index >= 15 is 0 Å². The second kappa shape index (κ2) is 10.2. The van der Waals surface area contributed by atoms with E-state index in [-0.39, 0.29) is 0 Å². The monoisotopic (exact) mass is 410 g/mol. The second-order valence-corrected chi connectivity index (χ2v) is 8.04. The van der Waals surface area contributed by atoms with Crippen LogP contribution in [0, 0.1) is 13.8 Å². The van der Waals surface area contributed by atoms with Crippen LogP contribution in [0.4, 0.5) is 0 Å². The molecular weight excluding hydrogens is 380 g/mol. The van der Waals surface area contributed by atoms with E-state index in [1.54, 1.807) is 11.3 Å². The number of guanidine groups is 1. The van der Waals surface area contributed by atoms with Crippen molar-refractivity contribution < 1.29 is 0 Å². The number of hydrogen-bond donors (Lipinski definition) is 2. The molecule has 0 atom stereocenters. The summed E-state index contributed by atoms with van der Waals surface area (Å²) in [5, 5.41) is 12.6. The Morgan fingerprint density at radius 3 is 2.62 bits per heavy atom. The molecule has 0 bridgehead atoms. The largest absolute Gasteiger partial charge is 0.357 e. The van der Waals surface area contributed by atoms with Gasteiger partial charge in [-0.05, 0) is 39.3 Å². The molecule has 0 spiro atoms. The number of nitrogens with one attached hydrogen (secondary N) is 2. The Balaban J connectivity index is 1.66. The van der Waals surface area contributed by atoms with Gasteiger partial charge in [-0.25, -0.2) is 14.7 Å². The van der Waals surface area contributed by atoms with Crippen molar-refractivity contribution in [1.82, 2.24) is 25.4 Å². The third kappa shape index (κ3) is 5.44. The third-order valence-corrected chi connectivity index (χ3v) is 5.96. The zero-order valence-corrected chi connectivity index (χ0v) is 18.5. The predicted octanol–water partition coefficient (Wildman–Crippen LogP) is 3.81. The van der Waals surface area contributed by atoms with Gasteiger partial charge in [0.1, 0.15) is 0 Å². The number of aromatic nitrogens is 3. The molecule has 3 aromatic rings. The first kappa shape index (κ1) is 21.0. The Kier molecular flexibility index (Phi) is 7.41. The zero-order valence-electron chi connectivity index (χ0n) is 17.7. The van der Waals surface area contributed by atoms with Gasteiger partial charge in [-0.3, -0.25) is 0 Å². The molecule has 0 aliphatic heterocycles. The van der Waals surface area contributed by atoms with Crippen molar-refractivity contribution in [3.63, 3.8) is 0 Å². The summed E-state index contributed by atoms with van der Waals surface area (Å²) in [6.45, 7) is 10.6. The fourth-order valence-electron chi connectivity index (χ4n) is 3.14. The number of aryl methyl sites for hydroxylation is 2. The Hall–Kier alpha value is -2.67. The summed E-state index contributed by atoms with van der Waals surface area (Å²) in [6, 6.07) is 10.2. The van der Waals surface area contributed by atoms with Gasteiger partial charge in [0.2, 0.25) is 0 Å². The molecule has 0 radical (unpaired) electrons. The van der Waals surface area contributed by atoms with E-state index in [4.69, 9.17) is 10.1 Å². The number of rotatable bonds is 8. The molecule has 0 fully saturated rings. The molecular formula is C22H30N6S. The van der Waals surface area contributed by atoms with Crippen molar-refractivity contribution >= 4 is 17.3 Å². The van der Waals surface area contributed by atoms with Crippen molar-refractivity contribution in [1.29, 1.82) is 0 Å². The van der Waals surface area contributed by atoms with E-state index in [1.807, 2.05) is 36.0 Å². The minimum Gasteiger partial charge on any atom is -0.357 e. The smallest absolute Gasteiger partial charge is 0.191 e. The Labute approximate surface area is 177 Å². The maximum absolute atomic E-state index is 4.79. The number of hydrogen-bond acceptors (Lipinski definition) is 4. The maximum Gasteiger partial charge on any atom is 0.191 e. The molecule has 0 unspecified atom stereocenters. The van der Waals surface area contributed by atoms with Crippen LogP contribution in [-0.4, -0.2) is 33.8 Å². The van der Waals surface area contributed by atoms with Crippen LogP contribution in [0.15, 0.2) is 41.5 Å². The zero-order chi connectivity index (χ0) is 20.6. The summed E-state index contributed by atoms with van der Waals surface area (Å²) in [4.78, 5) is 10.6. The van der Waals surface area contributed by atoms with Crippen molar-refractivity contribution in [2.24, 2.45) is 4.99 Å². The fourth-order valence-corrected chi connectivity index (χ4v) is 4.00. The van der Waals surface area contributed by atoms with Gasteiger partial charge >= 0.3 is 0 Å². The molecule has 3 rings (SSSR count). The lowest BCUT2D eigenvalue weighted by Crippen LogP contribution is -2.38. The van der Waals surface area contributed by atoms with E-state index in [0.29, 0.717) is 6.54 Å². The van der Waals surface area contributed by atoms with Crippen LogP contribution in [0.1, 0.15) is 40.7 Å². The maximum atomic E-state index is 4.79. The lowest BCUT2D eigenvalue weighted by Gasteiger charge is -2.11.